The number of hydrogen-bond donors (Lipinski definition) is 2. The van der Waals surface area contributed by atoms with Gasteiger partial charge in [-0.2, -0.15) is 0 Å². The van der Waals surface area contributed by atoms with Gasteiger partial charge >= 0.3 is 0 Å². The second-order valence-corrected chi connectivity index (χ2v) is 9.40. The van der Waals surface area contributed by atoms with Crippen LogP contribution in [-0.2, 0) is 28.9 Å². The number of rotatable bonds is 6. The first-order valence-electron chi connectivity index (χ1n) is 11.1. The zero-order valence-electron chi connectivity index (χ0n) is 18.6. The summed E-state index contributed by atoms with van der Waals surface area (Å²) < 4.78 is 5.72. The van der Waals surface area contributed by atoms with Crippen molar-refractivity contribution < 1.29 is 14.0 Å². The third-order valence-electron chi connectivity index (χ3n) is 6.10. The Bertz CT molecular complexity index is 1340. The number of nitrogens with zero attached hydrogens (tertiary/aromatic N) is 1. The first-order valence-corrected chi connectivity index (χ1v) is 12.0. The van der Waals surface area contributed by atoms with Crippen molar-refractivity contribution in [3.05, 3.63) is 70.3 Å². The van der Waals surface area contributed by atoms with E-state index in [1.807, 2.05) is 36.6 Å². The Morgan fingerprint density at radius 2 is 1.91 bits per heavy atom. The minimum Gasteiger partial charge on any atom is -0.464 e. The smallest absolute Gasteiger partial charge is 0.230 e. The molecule has 2 amide bonds. The second kappa shape index (κ2) is 8.83. The number of nitrogens with one attached hydrogen (secondary N) is 2. The zero-order valence-corrected chi connectivity index (χ0v) is 19.4. The molecule has 7 heteroatoms. The largest absolute Gasteiger partial charge is 0.464 e. The summed E-state index contributed by atoms with van der Waals surface area (Å²) in [7, 11) is 0. The van der Waals surface area contributed by atoms with Crippen LogP contribution < -0.4 is 10.6 Å². The van der Waals surface area contributed by atoms with Crippen LogP contribution in [0, 0.1) is 0 Å². The van der Waals surface area contributed by atoms with Gasteiger partial charge in [0.25, 0.3) is 0 Å². The Morgan fingerprint density at radius 3 is 2.67 bits per heavy atom. The van der Waals surface area contributed by atoms with E-state index in [2.05, 4.69) is 27.8 Å². The molecule has 2 N–H and O–H groups in total. The van der Waals surface area contributed by atoms with Gasteiger partial charge in [0.15, 0.2) is 5.13 Å². The van der Waals surface area contributed by atoms with Gasteiger partial charge in [0, 0.05) is 28.8 Å². The summed E-state index contributed by atoms with van der Waals surface area (Å²) >= 11 is 1.40. The van der Waals surface area contributed by atoms with Crippen LogP contribution in [-0.4, -0.2) is 16.8 Å². The molecule has 0 spiro atoms. The third-order valence-corrected chi connectivity index (χ3v) is 6.85. The number of benzene rings is 2. The van der Waals surface area contributed by atoms with Gasteiger partial charge in [-0.1, -0.05) is 24.3 Å². The van der Waals surface area contributed by atoms with Crippen molar-refractivity contribution in [2.45, 2.75) is 45.6 Å². The summed E-state index contributed by atoms with van der Waals surface area (Å²) in [6.07, 6.45) is 5.32. The van der Waals surface area contributed by atoms with Crippen molar-refractivity contribution in [2.24, 2.45) is 0 Å². The molecule has 1 unspecified atom stereocenters. The number of carbonyl (C=O) groups excluding carboxylic acids is 2. The van der Waals surface area contributed by atoms with E-state index in [-0.39, 0.29) is 24.3 Å². The summed E-state index contributed by atoms with van der Waals surface area (Å²) in [5, 5.41) is 9.32. The Labute approximate surface area is 196 Å². The number of furan rings is 1. The van der Waals surface area contributed by atoms with Crippen molar-refractivity contribution in [2.75, 3.05) is 5.32 Å². The Balaban J connectivity index is 1.25. The monoisotopic (exact) mass is 459 g/mol. The van der Waals surface area contributed by atoms with Gasteiger partial charge in [-0.25, -0.2) is 4.98 Å². The van der Waals surface area contributed by atoms with Gasteiger partial charge in [0.1, 0.15) is 5.58 Å². The lowest BCUT2D eigenvalue weighted by molar-refractivity contribution is -0.119. The van der Waals surface area contributed by atoms with Crippen molar-refractivity contribution in [1.82, 2.24) is 10.3 Å². The summed E-state index contributed by atoms with van der Waals surface area (Å²) in [5.74, 6) is -0.169. The molecule has 1 atom stereocenters. The van der Waals surface area contributed by atoms with E-state index in [1.165, 1.54) is 35.8 Å². The van der Waals surface area contributed by atoms with E-state index >= 15 is 0 Å². The summed E-state index contributed by atoms with van der Waals surface area (Å²) in [6.45, 7) is 3.46. The highest BCUT2D eigenvalue weighted by molar-refractivity contribution is 7.14. The molecule has 168 valence electrons. The maximum Gasteiger partial charge on any atom is 0.230 e. The number of fused-ring (bicyclic) bond motifs is 2. The van der Waals surface area contributed by atoms with Crippen LogP contribution >= 0.6 is 11.3 Å². The second-order valence-electron chi connectivity index (χ2n) is 8.54. The van der Waals surface area contributed by atoms with E-state index < -0.39 is 0 Å². The highest BCUT2D eigenvalue weighted by Crippen LogP contribution is 2.31. The maximum absolute atomic E-state index is 12.7. The lowest BCUT2D eigenvalue weighted by Gasteiger charge is -2.13. The van der Waals surface area contributed by atoms with Gasteiger partial charge in [-0.15, -0.1) is 11.3 Å². The average Bonchev–Trinajstić information content (AvgIpc) is 3.52. The molecule has 33 heavy (non-hydrogen) atoms. The zero-order chi connectivity index (χ0) is 22.9. The van der Waals surface area contributed by atoms with Crippen LogP contribution in [0.5, 0.6) is 0 Å². The molecule has 2 heterocycles. The Kier molecular flexibility index (Phi) is 5.72. The molecular formula is C26H25N3O3S. The molecule has 0 bridgehead atoms. The fourth-order valence-electron chi connectivity index (χ4n) is 4.42. The standard InChI is InChI=1S/C26H25N3O3S/c1-15(27-16(2)30)17-6-8-18(9-7-17)23-14-33-26(28-23)29-25(31)12-21-13-32-24-11-20-5-3-4-19(20)10-22(21)24/h6-11,13-15H,3-5,12H2,1-2H3,(H,27,30)(H,28,29,31). The van der Waals surface area contributed by atoms with E-state index in [0.717, 1.165) is 46.2 Å². The van der Waals surface area contributed by atoms with Crippen molar-refractivity contribution >= 4 is 39.3 Å². The van der Waals surface area contributed by atoms with Crippen LogP contribution in [0.25, 0.3) is 22.2 Å². The minimum absolute atomic E-state index is 0.0538. The molecule has 5 rings (SSSR count). The fraction of sp³-hybridized carbons (Fsp3) is 0.269. The molecule has 0 aliphatic heterocycles. The average molecular weight is 460 g/mol. The maximum atomic E-state index is 12.7. The van der Waals surface area contributed by atoms with Crippen LogP contribution in [0.2, 0.25) is 0 Å². The first-order chi connectivity index (χ1) is 16.0. The molecule has 1 aliphatic carbocycles. The molecule has 0 radical (unpaired) electrons. The number of anilines is 1. The van der Waals surface area contributed by atoms with E-state index in [0.29, 0.717) is 5.13 Å². The predicted octanol–water partition coefficient (Wildman–Crippen LogP) is 5.42. The van der Waals surface area contributed by atoms with Crippen molar-refractivity contribution in [3.63, 3.8) is 0 Å². The summed E-state index contributed by atoms with van der Waals surface area (Å²) in [4.78, 5) is 28.5. The molecule has 0 saturated heterocycles. The fourth-order valence-corrected chi connectivity index (χ4v) is 5.15. The van der Waals surface area contributed by atoms with Gasteiger partial charge in [-0.05, 0) is 55.0 Å². The van der Waals surface area contributed by atoms with Crippen molar-refractivity contribution in [3.8, 4) is 11.3 Å². The van der Waals surface area contributed by atoms with Crippen LogP contribution in [0.4, 0.5) is 5.13 Å². The molecule has 6 nitrogen and oxygen atoms in total. The van der Waals surface area contributed by atoms with Crippen molar-refractivity contribution in [1.29, 1.82) is 0 Å². The number of carbonyl (C=O) groups is 2. The lowest BCUT2D eigenvalue weighted by atomic mass is 10.0. The van der Waals surface area contributed by atoms with Gasteiger partial charge in [0.2, 0.25) is 11.8 Å². The number of aromatic nitrogens is 1. The van der Waals surface area contributed by atoms with Gasteiger partial charge in [0.05, 0.1) is 24.4 Å². The highest BCUT2D eigenvalue weighted by atomic mass is 32.1. The van der Waals surface area contributed by atoms with E-state index in [4.69, 9.17) is 4.42 Å². The summed E-state index contributed by atoms with van der Waals surface area (Å²) in [6, 6.07) is 12.2. The van der Waals surface area contributed by atoms with E-state index in [1.54, 1.807) is 6.26 Å². The van der Waals surface area contributed by atoms with Gasteiger partial charge < -0.3 is 15.1 Å². The minimum atomic E-state index is -0.112. The molecule has 1 aliphatic rings. The third kappa shape index (κ3) is 4.54. The normalized spacial score (nSPS) is 13.6. The SMILES string of the molecule is CC(=O)NC(C)c1ccc(-c2csc(NC(=O)Cc3coc4cc5c(cc34)CCC5)n2)cc1. The number of thiazole rings is 1. The van der Waals surface area contributed by atoms with Crippen LogP contribution in [0.3, 0.4) is 0 Å². The quantitative estimate of drug-likeness (QED) is 0.403. The van der Waals surface area contributed by atoms with Gasteiger partial charge in [-0.3, -0.25) is 9.59 Å². The van der Waals surface area contributed by atoms with Crippen LogP contribution in [0.1, 0.15) is 48.6 Å². The lowest BCUT2D eigenvalue weighted by Crippen LogP contribution is -2.23. The highest BCUT2D eigenvalue weighted by Gasteiger charge is 2.17. The van der Waals surface area contributed by atoms with E-state index in [9.17, 15) is 9.59 Å². The number of aryl methyl sites for hydroxylation is 2. The summed E-state index contributed by atoms with van der Waals surface area (Å²) in [5.41, 5.74) is 7.27. The van der Waals surface area contributed by atoms with Crippen LogP contribution in [0.15, 0.2) is 52.5 Å². The first kappa shape index (κ1) is 21.4. The number of amides is 2. The number of hydrogen-bond acceptors (Lipinski definition) is 5. The topological polar surface area (TPSA) is 84.2 Å². The molecule has 0 fully saturated rings. The Morgan fingerprint density at radius 1 is 1.15 bits per heavy atom. The Hall–Kier alpha value is -3.45. The molecule has 2 aromatic heterocycles. The molecular weight excluding hydrogens is 434 g/mol. The molecule has 0 saturated carbocycles. The molecule has 4 aromatic rings. The molecule has 2 aromatic carbocycles. The predicted molar refractivity (Wildman–Crippen MR) is 130 cm³/mol.